The fraction of sp³-hybridized carbons (Fsp3) is 0.417. The van der Waals surface area contributed by atoms with Crippen LogP contribution in [0.3, 0.4) is 0 Å². The van der Waals surface area contributed by atoms with E-state index in [2.05, 4.69) is 15.3 Å². The van der Waals surface area contributed by atoms with E-state index in [1.54, 1.807) is 16.8 Å². The van der Waals surface area contributed by atoms with Crippen molar-refractivity contribution in [3.8, 4) is 0 Å². The zero-order valence-electron chi connectivity index (χ0n) is 18.8. The quantitative estimate of drug-likeness (QED) is 0.585. The minimum Gasteiger partial charge on any atom is -0.352 e. The van der Waals surface area contributed by atoms with Gasteiger partial charge >= 0.3 is 0 Å². The molecule has 10 heteroatoms. The van der Waals surface area contributed by atoms with Crippen molar-refractivity contribution >= 4 is 32.7 Å². The summed E-state index contributed by atoms with van der Waals surface area (Å²) >= 11 is 0. The van der Waals surface area contributed by atoms with Gasteiger partial charge < -0.3 is 10.2 Å². The molecule has 0 bridgehead atoms. The van der Waals surface area contributed by atoms with Gasteiger partial charge in [0.2, 0.25) is 5.91 Å². The molecule has 1 N–H and O–H groups in total. The van der Waals surface area contributed by atoms with Gasteiger partial charge in [0.05, 0.1) is 18.1 Å². The molecular weight excluding hydrogens is 454 g/mol. The van der Waals surface area contributed by atoms with Crippen molar-refractivity contribution < 1.29 is 13.2 Å². The largest absolute Gasteiger partial charge is 0.352 e. The van der Waals surface area contributed by atoms with Gasteiger partial charge in [0.1, 0.15) is 5.52 Å². The van der Waals surface area contributed by atoms with Crippen LogP contribution < -0.4 is 15.8 Å². The number of pyridine rings is 1. The third-order valence-electron chi connectivity index (χ3n) is 6.61. The van der Waals surface area contributed by atoms with Crippen molar-refractivity contribution in [2.24, 2.45) is 5.92 Å². The van der Waals surface area contributed by atoms with Crippen LogP contribution in [0.15, 0.2) is 53.5 Å². The first-order valence-corrected chi connectivity index (χ1v) is 13.4. The summed E-state index contributed by atoms with van der Waals surface area (Å²) in [7, 11) is -3.04. The van der Waals surface area contributed by atoms with E-state index in [1.165, 1.54) is 0 Å². The normalized spacial score (nSPS) is 20.5. The first-order chi connectivity index (χ1) is 16.4. The molecule has 9 nitrogen and oxygen atoms in total. The number of carbonyl (C=O) groups is 1. The lowest BCUT2D eigenvalue weighted by atomic mass is 9.95. The molecule has 1 aromatic carbocycles. The van der Waals surface area contributed by atoms with Gasteiger partial charge in [-0.2, -0.15) is 0 Å². The Bertz CT molecular complexity index is 1370. The van der Waals surface area contributed by atoms with E-state index in [1.807, 2.05) is 41.3 Å². The predicted octanol–water partition coefficient (Wildman–Crippen LogP) is 1.36. The van der Waals surface area contributed by atoms with Crippen LogP contribution in [0.25, 0.3) is 11.2 Å². The molecule has 0 saturated carbocycles. The van der Waals surface area contributed by atoms with Crippen LogP contribution in [-0.2, 0) is 21.2 Å². The van der Waals surface area contributed by atoms with Gasteiger partial charge in [-0.1, -0.05) is 30.3 Å². The number of hydrogen-bond donors (Lipinski definition) is 1. The summed E-state index contributed by atoms with van der Waals surface area (Å²) in [6.07, 6.45) is 3.29. The number of sulfone groups is 1. The Balaban J connectivity index is 1.33. The van der Waals surface area contributed by atoms with Crippen molar-refractivity contribution in [3.63, 3.8) is 0 Å². The highest BCUT2D eigenvalue weighted by Crippen LogP contribution is 2.23. The van der Waals surface area contributed by atoms with Crippen LogP contribution in [-0.4, -0.2) is 59.5 Å². The highest BCUT2D eigenvalue weighted by molar-refractivity contribution is 7.91. The SMILES string of the molecule is O=C(NC1CCS(=O)(=O)C1)C1CCN(c2nc3cccnc3n(Cc3ccccc3)c2=O)CC1. The third kappa shape index (κ3) is 4.68. The second-order valence-electron chi connectivity index (χ2n) is 9.03. The first kappa shape index (κ1) is 22.5. The minimum absolute atomic E-state index is 0.0214. The second-order valence-corrected chi connectivity index (χ2v) is 11.3. The van der Waals surface area contributed by atoms with Crippen LogP contribution in [0.2, 0.25) is 0 Å². The lowest BCUT2D eigenvalue weighted by Crippen LogP contribution is -2.45. The van der Waals surface area contributed by atoms with Crippen molar-refractivity contribution in [2.75, 3.05) is 29.5 Å². The maximum atomic E-state index is 13.5. The summed E-state index contributed by atoms with van der Waals surface area (Å²) in [6.45, 7) is 1.45. The molecular formula is C24H27N5O4S. The zero-order chi connectivity index (χ0) is 23.7. The number of hydrogen-bond acceptors (Lipinski definition) is 7. The molecule has 5 rings (SSSR count). The summed E-state index contributed by atoms with van der Waals surface area (Å²) < 4.78 is 25.0. The standard InChI is InChI=1S/C24H27N5O4S/c30-23(26-19-10-14-34(32,33)16-19)18-8-12-28(13-9-18)22-24(31)29(15-17-5-2-1-3-6-17)21-20(27-22)7-4-11-25-21/h1-7,11,18-19H,8-10,12-16H2,(H,26,30). The molecule has 0 radical (unpaired) electrons. The van der Waals surface area contributed by atoms with E-state index in [9.17, 15) is 18.0 Å². The lowest BCUT2D eigenvalue weighted by Gasteiger charge is -2.32. The van der Waals surface area contributed by atoms with Crippen LogP contribution >= 0.6 is 0 Å². The Morgan fingerprint density at radius 1 is 1.06 bits per heavy atom. The highest BCUT2D eigenvalue weighted by atomic mass is 32.2. The average molecular weight is 482 g/mol. The Labute approximate surface area is 197 Å². The summed E-state index contributed by atoms with van der Waals surface area (Å²) in [5, 5.41) is 2.90. The van der Waals surface area contributed by atoms with Crippen LogP contribution in [0.5, 0.6) is 0 Å². The Hall–Kier alpha value is -3.27. The van der Waals surface area contributed by atoms with Crippen molar-refractivity contribution in [2.45, 2.75) is 31.8 Å². The van der Waals surface area contributed by atoms with Crippen LogP contribution in [0.4, 0.5) is 5.82 Å². The van der Waals surface area contributed by atoms with E-state index in [0.717, 1.165) is 5.56 Å². The Morgan fingerprint density at radius 3 is 2.53 bits per heavy atom. The number of nitrogens with zero attached hydrogens (tertiary/aromatic N) is 4. The highest BCUT2D eigenvalue weighted by Gasteiger charge is 2.33. The van der Waals surface area contributed by atoms with Gasteiger partial charge in [0.25, 0.3) is 5.56 Å². The van der Waals surface area contributed by atoms with E-state index < -0.39 is 9.84 Å². The smallest absolute Gasteiger partial charge is 0.295 e. The topological polar surface area (TPSA) is 114 Å². The third-order valence-corrected chi connectivity index (χ3v) is 8.38. The molecule has 178 valence electrons. The first-order valence-electron chi connectivity index (χ1n) is 11.5. The molecule has 34 heavy (non-hydrogen) atoms. The Kier molecular flexibility index (Phi) is 6.07. The molecule has 2 aromatic heterocycles. The number of amides is 1. The van der Waals surface area contributed by atoms with Crippen LogP contribution in [0.1, 0.15) is 24.8 Å². The van der Waals surface area contributed by atoms with Gasteiger partial charge in [0.15, 0.2) is 21.3 Å². The minimum atomic E-state index is -3.04. The van der Waals surface area contributed by atoms with Gasteiger partial charge in [-0.05, 0) is 37.0 Å². The van der Waals surface area contributed by atoms with E-state index in [0.29, 0.717) is 55.9 Å². The number of aromatic nitrogens is 3. The molecule has 1 atom stereocenters. The molecule has 0 aliphatic carbocycles. The fourth-order valence-corrected chi connectivity index (χ4v) is 6.44. The van der Waals surface area contributed by atoms with Crippen molar-refractivity contribution in [3.05, 3.63) is 64.6 Å². The average Bonchev–Trinajstić information content (AvgIpc) is 3.19. The number of rotatable bonds is 5. The van der Waals surface area contributed by atoms with Gasteiger partial charge in [-0.25, -0.2) is 18.4 Å². The molecule has 3 aromatic rings. The molecule has 4 heterocycles. The Morgan fingerprint density at radius 2 is 1.82 bits per heavy atom. The van der Waals surface area contributed by atoms with E-state index in [4.69, 9.17) is 0 Å². The number of benzene rings is 1. The van der Waals surface area contributed by atoms with E-state index >= 15 is 0 Å². The summed E-state index contributed by atoms with van der Waals surface area (Å²) in [6, 6.07) is 13.1. The summed E-state index contributed by atoms with van der Waals surface area (Å²) in [5.74, 6) is 0.228. The van der Waals surface area contributed by atoms with Crippen molar-refractivity contribution in [1.29, 1.82) is 0 Å². The number of piperidine rings is 1. The molecule has 2 fully saturated rings. The van der Waals surface area contributed by atoms with Gasteiger partial charge in [-0.15, -0.1) is 0 Å². The lowest BCUT2D eigenvalue weighted by molar-refractivity contribution is -0.126. The molecule has 1 unspecified atom stereocenters. The van der Waals surface area contributed by atoms with Gasteiger partial charge in [0, 0.05) is 31.2 Å². The monoisotopic (exact) mass is 481 g/mol. The predicted molar refractivity (Wildman–Crippen MR) is 129 cm³/mol. The molecule has 0 spiro atoms. The maximum Gasteiger partial charge on any atom is 0.295 e. The summed E-state index contributed by atoms with van der Waals surface area (Å²) in [5.41, 5.74) is 1.99. The number of fused-ring (bicyclic) bond motifs is 1. The van der Waals surface area contributed by atoms with E-state index in [-0.39, 0.29) is 34.9 Å². The number of anilines is 1. The summed E-state index contributed by atoms with van der Waals surface area (Å²) in [4.78, 5) is 37.2. The number of nitrogens with one attached hydrogen (secondary N) is 1. The second kappa shape index (κ2) is 9.17. The zero-order valence-corrected chi connectivity index (χ0v) is 19.6. The van der Waals surface area contributed by atoms with Crippen molar-refractivity contribution in [1.82, 2.24) is 19.9 Å². The maximum absolute atomic E-state index is 13.5. The van der Waals surface area contributed by atoms with Gasteiger partial charge in [-0.3, -0.25) is 14.2 Å². The molecule has 2 aliphatic rings. The molecule has 2 saturated heterocycles. The number of carbonyl (C=O) groups excluding carboxylic acids is 1. The fourth-order valence-electron chi connectivity index (χ4n) is 4.76. The van der Waals surface area contributed by atoms with Crippen LogP contribution in [0, 0.1) is 5.92 Å². The molecule has 2 aliphatic heterocycles. The molecule has 1 amide bonds.